The quantitative estimate of drug-likeness (QED) is 0.346. The fraction of sp³-hybridized carbons (Fsp3) is 0.167. The van der Waals surface area contributed by atoms with Gasteiger partial charge in [0.25, 0.3) is 10.1 Å². The smallest absolute Gasteiger partial charge is 0.266 e. The highest BCUT2D eigenvalue weighted by Gasteiger charge is 2.22. The summed E-state index contributed by atoms with van der Waals surface area (Å²) < 4.78 is 56.1. The van der Waals surface area contributed by atoms with Crippen molar-refractivity contribution < 1.29 is 26.5 Å². The van der Waals surface area contributed by atoms with E-state index in [4.69, 9.17) is 10.3 Å². The van der Waals surface area contributed by atoms with Gasteiger partial charge in [0.2, 0.25) is 10.0 Å². The van der Waals surface area contributed by atoms with Crippen LogP contribution in [-0.2, 0) is 20.1 Å². The second kappa shape index (κ2) is 5.72. The van der Waals surface area contributed by atoms with Crippen LogP contribution in [0.2, 0.25) is 0 Å². The van der Waals surface area contributed by atoms with Crippen molar-refractivity contribution in [3.8, 4) is 5.75 Å². The summed E-state index contributed by atoms with van der Waals surface area (Å²) in [5, 5.41) is 10.9. The summed E-state index contributed by atoms with van der Waals surface area (Å²) >= 11 is 0. The number of phenols is 1. The molecule has 0 aliphatic heterocycles. The molecule has 0 aliphatic carbocycles. The average Bonchev–Trinajstić information content (AvgIpc) is 2.41. The molecule has 0 spiro atoms. The Kier molecular flexibility index (Phi) is 4.29. The van der Waals surface area contributed by atoms with Gasteiger partial charge in [-0.05, 0) is 11.5 Å². The summed E-state index contributed by atoms with van der Waals surface area (Å²) in [4.78, 5) is -0.362. The molecule has 120 valence electrons. The predicted molar refractivity (Wildman–Crippen MR) is 81.6 cm³/mol. The van der Waals surface area contributed by atoms with Crippen LogP contribution >= 0.6 is 0 Å². The van der Waals surface area contributed by atoms with Gasteiger partial charge in [0.1, 0.15) is 10.6 Å². The minimum Gasteiger partial charge on any atom is -0.505 e. The summed E-state index contributed by atoms with van der Waals surface area (Å²) in [5.74, 6) is -1.14. The lowest BCUT2D eigenvalue weighted by Gasteiger charge is -2.12. The highest BCUT2D eigenvalue weighted by atomic mass is 32.2. The predicted octanol–water partition coefficient (Wildman–Crippen LogP) is 0.294. The van der Waals surface area contributed by atoms with E-state index in [9.17, 15) is 21.9 Å². The van der Waals surface area contributed by atoms with Crippen LogP contribution in [0, 0.1) is 0 Å². The number of hydrogen-bond donors (Lipinski definition) is 4. The fourth-order valence-electron chi connectivity index (χ4n) is 1.92. The van der Waals surface area contributed by atoms with Gasteiger partial charge in [-0.3, -0.25) is 4.55 Å². The normalized spacial score (nSPS) is 12.6. The first-order valence-corrected chi connectivity index (χ1v) is 9.16. The van der Waals surface area contributed by atoms with Crippen molar-refractivity contribution >= 4 is 36.6 Å². The monoisotopic (exact) mass is 346 g/mol. The summed E-state index contributed by atoms with van der Waals surface area (Å²) in [7, 11) is -8.43. The molecule has 0 saturated carbocycles. The molecule has 0 radical (unpaired) electrons. The Morgan fingerprint density at radius 2 is 1.77 bits per heavy atom. The Morgan fingerprint density at radius 1 is 1.14 bits per heavy atom. The van der Waals surface area contributed by atoms with E-state index in [-0.39, 0.29) is 16.3 Å². The first kappa shape index (κ1) is 16.5. The van der Waals surface area contributed by atoms with Gasteiger partial charge in [0.15, 0.2) is 0 Å². The highest BCUT2D eigenvalue weighted by Crippen LogP contribution is 2.35. The molecule has 0 unspecified atom stereocenters. The second-order valence-corrected chi connectivity index (χ2v) is 7.85. The Balaban J connectivity index is 2.43. The van der Waals surface area contributed by atoms with Crippen molar-refractivity contribution in [1.82, 2.24) is 4.72 Å². The van der Waals surface area contributed by atoms with Crippen LogP contribution in [0.3, 0.4) is 0 Å². The van der Waals surface area contributed by atoms with E-state index < -0.39 is 32.4 Å². The molecule has 0 amide bonds. The molecule has 10 heteroatoms. The standard InChI is InChI=1S/C12H14N2O6S2/c13-11-10(22(19,20)14-5-6-21(16,17)18)7-8-3-1-2-4-9(8)12(11)15/h1-4,7,14-15H,5-6,13H2,(H,16,17,18). The average molecular weight is 346 g/mol. The Hall–Kier alpha value is -1.88. The molecule has 8 nitrogen and oxygen atoms in total. The number of anilines is 1. The number of sulfonamides is 1. The van der Waals surface area contributed by atoms with Gasteiger partial charge in [-0.25, -0.2) is 13.1 Å². The molecule has 0 aromatic heterocycles. The number of nitrogens with two attached hydrogens (primary N) is 1. The van der Waals surface area contributed by atoms with Gasteiger partial charge in [-0.15, -0.1) is 0 Å². The maximum Gasteiger partial charge on any atom is 0.266 e. The molecule has 0 bridgehead atoms. The van der Waals surface area contributed by atoms with E-state index in [1.807, 2.05) is 4.72 Å². The molecule has 0 atom stereocenters. The topological polar surface area (TPSA) is 147 Å². The number of aromatic hydroxyl groups is 1. The van der Waals surface area contributed by atoms with Crippen molar-refractivity contribution in [3.05, 3.63) is 30.3 Å². The SMILES string of the molecule is Nc1c(S(=O)(=O)NCCS(=O)(=O)O)cc2ccccc2c1O. The molecule has 2 aromatic carbocycles. The second-order valence-electron chi connectivity index (χ2n) is 4.54. The zero-order valence-electron chi connectivity index (χ0n) is 11.2. The molecule has 0 saturated heterocycles. The maximum atomic E-state index is 12.2. The van der Waals surface area contributed by atoms with Crippen LogP contribution in [0.1, 0.15) is 0 Å². The summed E-state index contributed by atoms with van der Waals surface area (Å²) in [5.41, 5.74) is 5.32. The first-order valence-electron chi connectivity index (χ1n) is 6.07. The van der Waals surface area contributed by atoms with Crippen molar-refractivity contribution in [3.63, 3.8) is 0 Å². The van der Waals surface area contributed by atoms with Gasteiger partial charge in [0.05, 0.1) is 11.4 Å². The van der Waals surface area contributed by atoms with Crippen molar-refractivity contribution in [1.29, 1.82) is 0 Å². The lowest BCUT2D eigenvalue weighted by molar-refractivity contribution is 0.480. The Bertz CT molecular complexity index is 922. The number of benzene rings is 2. The third kappa shape index (κ3) is 3.47. The van der Waals surface area contributed by atoms with E-state index >= 15 is 0 Å². The molecule has 0 fully saturated rings. The van der Waals surface area contributed by atoms with Gasteiger partial charge >= 0.3 is 0 Å². The number of rotatable bonds is 5. The van der Waals surface area contributed by atoms with Gasteiger partial charge < -0.3 is 10.8 Å². The minimum atomic E-state index is -4.29. The van der Waals surface area contributed by atoms with Crippen molar-refractivity contribution in [2.75, 3.05) is 18.0 Å². The first-order chi connectivity index (χ1) is 10.1. The molecule has 2 aromatic rings. The zero-order valence-corrected chi connectivity index (χ0v) is 12.9. The number of phenolic OH excluding ortho intramolecular Hbond substituents is 1. The van der Waals surface area contributed by atoms with E-state index in [1.54, 1.807) is 24.3 Å². The molecule has 0 heterocycles. The minimum absolute atomic E-state index is 0.335. The highest BCUT2D eigenvalue weighted by molar-refractivity contribution is 7.89. The molecular weight excluding hydrogens is 332 g/mol. The van der Waals surface area contributed by atoms with E-state index in [2.05, 4.69) is 0 Å². The van der Waals surface area contributed by atoms with Crippen LogP contribution in [0.4, 0.5) is 5.69 Å². The van der Waals surface area contributed by atoms with E-state index in [0.717, 1.165) is 0 Å². The summed E-state index contributed by atoms with van der Waals surface area (Å²) in [6.07, 6.45) is 0. The van der Waals surface area contributed by atoms with Gasteiger partial charge in [-0.2, -0.15) is 8.42 Å². The lowest BCUT2D eigenvalue weighted by Crippen LogP contribution is -2.29. The van der Waals surface area contributed by atoms with Crippen LogP contribution in [0.25, 0.3) is 10.8 Å². The fourth-order valence-corrected chi connectivity index (χ4v) is 3.61. The third-order valence-corrected chi connectivity index (χ3v) is 5.19. The molecule has 5 N–H and O–H groups in total. The van der Waals surface area contributed by atoms with Gasteiger partial charge in [-0.1, -0.05) is 24.3 Å². The van der Waals surface area contributed by atoms with Crippen LogP contribution in [0.15, 0.2) is 35.2 Å². The molecule has 22 heavy (non-hydrogen) atoms. The maximum absolute atomic E-state index is 12.2. The summed E-state index contributed by atoms with van der Waals surface area (Å²) in [6.45, 7) is -0.520. The molecular formula is C12H14N2O6S2. The van der Waals surface area contributed by atoms with Crippen LogP contribution in [-0.4, -0.2) is 38.8 Å². The van der Waals surface area contributed by atoms with Crippen LogP contribution < -0.4 is 10.5 Å². The number of nitrogens with one attached hydrogen (secondary N) is 1. The number of nitrogen functional groups attached to an aromatic ring is 1. The Morgan fingerprint density at radius 3 is 2.41 bits per heavy atom. The van der Waals surface area contributed by atoms with Crippen molar-refractivity contribution in [2.24, 2.45) is 0 Å². The van der Waals surface area contributed by atoms with Crippen molar-refractivity contribution in [2.45, 2.75) is 4.90 Å². The zero-order chi connectivity index (χ0) is 16.5. The number of hydrogen-bond acceptors (Lipinski definition) is 6. The lowest BCUT2D eigenvalue weighted by atomic mass is 10.1. The number of fused-ring (bicyclic) bond motifs is 1. The largest absolute Gasteiger partial charge is 0.505 e. The van der Waals surface area contributed by atoms with Gasteiger partial charge in [0, 0.05) is 11.9 Å². The molecule has 2 rings (SSSR count). The third-order valence-electron chi connectivity index (χ3n) is 2.96. The van der Waals surface area contributed by atoms with Crippen LogP contribution in [0.5, 0.6) is 5.75 Å². The Labute approximate surface area is 127 Å². The van der Waals surface area contributed by atoms with E-state index in [1.165, 1.54) is 6.07 Å². The summed E-state index contributed by atoms with van der Waals surface area (Å²) in [6, 6.07) is 7.80. The van der Waals surface area contributed by atoms with E-state index in [0.29, 0.717) is 10.8 Å². The molecule has 0 aliphatic rings.